The van der Waals surface area contributed by atoms with Gasteiger partial charge in [-0.3, -0.25) is 4.79 Å². The number of carbonyl (C=O) groups excluding carboxylic acids is 1. The first-order valence-electron chi connectivity index (χ1n) is 7.97. The van der Waals surface area contributed by atoms with Gasteiger partial charge in [0, 0.05) is 25.9 Å². The third-order valence-corrected chi connectivity index (χ3v) is 3.65. The minimum absolute atomic E-state index is 0.0750. The normalized spacial score (nSPS) is 15.8. The smallest absolute Gasteiger partial charge is 0.307 e. The fourth-order valence-corrected chi connectivity index (χ4v) is 2.33. The van der Waals surface area contributed by atoms with Crippen LogP contribution < -0.4 is 0 Å². The summed E-state index contributed by atoms with van der Waals surface area (Å²) >= 11 is 0. The molecule has 1 aliphatic heterocycles. The van der Waals surface area contributed by atoms with Gasteiger partial charge in [-0.05, 0) is 13.3 Å². The lowest BCUT2D eigenvalue weighted by molar-refractivity contribution is -0.155. The van der Waals surface area contributed by atoms with Gasteiger partial charge in [-0.15, -0.1) is 0 Å². The van der Waals surface area contributed by atoms with Crippen LogP contribution in [0.1, 0.15) is 65.2 Å². The number of esters is 1. The zero-order valence-corrected chi connectivity index (χ0v) is 13.3. The number of ether oxygens (including phenoxy) is 1. The maximum absolute atomic E-state index is 11.7. The molecule has 0 N–H and O–H groups in total. The van der Waals surface area contributed by atoms with Crippen molar-refractivity contribution in [1.82, 2.24) is 9.80 Å². The molecule has 1 heterocycles. The fraction of sp³-hybridized carbons (Fsp3) is 0.812. The molecule has 4 nitrogen and oxygen atoms in total. The average Bonchev–Trinajstić information content (AvgIpc) is 2.84. The van der Waals surface area contributed by atoms with E-state index in [-0.39, 0.29) is 12.2 Å². The van der Waals surface area contributed by atoms with E-state index in [1.165, 1.54) is 32.1 Å². The Bertz CT molecular complexity index is 305. The van der Waals surface area contributed by atoms with Crippen molar-refractivity contribution in [2.45, 2.75) is 71.4 Å². The van der Waals surface area contributed by atoms with Gasteiger partial charge in [0.15, 0.2) is 6.23 Å². The van der Waals surface area contributed by atoms with Crippen molar-refractivity contribution in [1.29, 1.82) is 0 Å². The lowest BCUT2D eigenvalue weighted by atomic mass is 10.1. The summed E-state index contributed by atoms with van der Waals surface area (Å²) in [7, 11) is 2.00. The largest absolute Gasteiger partial charge is 0.442 e. The Morgan fingerprint density at radius 2 is 1.80 bits per heavy atom. The first-order chi connectivity index (χ1) is 9.63. The molecule has 0 amide bonds. The summed E-state index contributed by atoms with van der Waals surface area (Å²) in [6.45, 7) is 4.93. The van der Waals surface area contributed by atoms with Gasteiger partial charge in [0.1, 0.15) is 0 Å². The monoisotopic (exact) mass is 282 g/mol. The number of carbonyl (C=O) groups is 1. The molecule has 0 fully saturated rings. The topological polar surface area (TPSA) is 32.8 Å². The molecule has 4 heteroatoms. The molecule has 1 atom stereocenters. The molecule has 0 spiro atoms. The second kappa shape index (κ2) is 9.67. The molecule has 0 aliphatic carbocycles. The Labute approximate surface area is 123 Å². The van der Waals surface area contributed by atoms with Crippen molar-refractivity contribution < 1.29 is 9.53 Å². The summed E-state index contributed by atoms with van der Waals surface area (Å²) < 4.78 is 5.44. The van der Waals surface area contributed by atoms with E-state index in [2.05, 4.69) is 11.8 Å². The van der Waals surface area contributed by atoms with Crippen LogP contribution in [-0.4, -0.2) is 35.7 Å². The van der Waals surface area contributed by atoms with Crippen molar-refractivity contribution in [2.24, 2.45) is 0 Å². The van der Waals surface area contributed by atoms with Crippen LogP contribution >= 0.6 is 0 Å². The molecular weight excluding hydrogens is 252 g/mol. The summed E-state index contributed by atoms with van der Waals surface area (Å²) in [6.07, 6.45) is 12.9. The summed E-state index contributed by atoms with van der Waals surface area (Å²) in [5.41, 5.74) is 0. The van der Waals surface area contributed by atoms with E-state index in [1.807, 2.05) is 31.3 Å². The minimum Gasteiger partial charge on any atom is -0.442 e. The number of rotatable bonds is 10. The summed E-state index contributed by atoms with van der Waals surface area (Å²) in [5.74, 6) is -0.0750. The molecule has 116 valence electrons. The Kier molecular flexibility index (Phi) is 8.16. The van der Waals surface area contributed by atoms with E-state index in [9.17, 15) is 4.79 Å². The molecule has 0 saturated heterocycles. The van der Waals surface area contributed by atoms with Gasteiger partial charge in [0.2, 0.25) is 0 Å². The lowest BCUT2D eigenvalue weighted by Crippen LogP contribution is -2.34. The molecule has 1 rings (SSSR count). The molecule has 0 aromatic rings. The highest BCUT2D eigenvalue weighted by atomic mass is 16.6. The predicted octanol–water partition coefficient (Wildman–Crippen LogP) is 3.69. The molecular formula is C16H30N2O2. The van der Waals surface area contributed by atoms with E-state index < -0.39 is 0 Å². The van der Waals surface area contributed by atoms with Gasteiger partial charge in [-0.1, -0.05) is 45.4 Å². The van der Waals surface area contributed by atoms with Crippen LogP contribution in [0, 0.1) is 0 Å². The quantitative estimate of drug-likeness (QED) is 0.452. The molecule has 0 aromatic heterocycles. The van der Waals surface area contributed by atoms with Gasteiger partial charge in [0.25, 0.3) is 0 Å². The number of nitrogens with zero attached hydrogens (tertiary/aromatic N) is 2. The van der Waals surface area contributed by atoms with E-state index in [0.29, 0.717) is 6.42 Å². The minimum atomic E-state index is -0.173. The first-order valence-corrected chi connectivity index (χ1v) is 7.97. The second-order valence-electron chi connectivity index (χ2n) is 5.67. The van der Waals surface area contributed by atoms with Crippen molar-refractivity contribution in [3.63, 3.8) is 0 Å². The van der Waals surface area contributed by atoms with Crippen molar-refractivity contribution in [3.8, 4) is 0 Å². The van der Waals surface area contributed by atoms with Crippen LogP contribution in [0.5, 0.6) is 0 Å². The van der Waals surface area contributed by atoms with Crippen molar-refractivity contribution >= 4 is 5.97 Å². The van der Waals surface area contributed by atoms with Crippen molar-refractivity contribution in [3.05, 3.63) is 12.4 Å². The SMILES string of the molecule is CCCCCCCCCC(=O)OC(C)N1C=CN(C)C1. The highest BCUT2D eigenvalue weighted by Crippen LogP contribution is 2.12. The summed E-state index contributed by atoms with van der Waals surface area (Å²) in [5, 5.41) is 0. The zero-order valence-electron chi connectivity index (χ0n) is 13.3. The van der Waals surface area contributed by atoms with Gasteiger partial charge in [0.05, 0.1) is 6.67 Å². The Balaban J connectivity index is 2.01. The Morgan fingerprint density at radius 3 is 2.40 bits per heavy atom. The van der Waals surface area contributed by atoms with Crippen LogP contribution in [0.3, 0.4) is 0 Å². The number of hydrogen-bond donors (Lipinski definition) is 0. The van der Waals surface area contributed by atoms with Crippen LogP contribution in [-0.2, 0) is 9.53 Å². The third kappa shape index (κ3) is 6.83. The Morgan fingerprint density at radius 1 is 1.15 bits per heavy atom. The van der Waals surface area contributed by atoms with Gasteiger partial charge < -0.3 is 14.5 Å². The molecule has 0 aromatic carbocycles. The van der Waals surface area contributed by atoms with E-state index in [0.717, 1.165) is 19.5 Å². The van der Waals surface area contributed by atoms with Gasteiger partial charge in [-0.2, -0.15) is 0 Å². The summed E-state index contributed by atoms with van der Waals surface area (Å²) in [6, 6.07) is 0. The number of hydrogen-bond acceptors (Lipinski definition) is 4. The molecule has 0 saturated carbocycles. The predicted molar refractivity (Wildman–Crippen MR) is 81.8 cm³/mol. The van der Waals surface area contributed by atoms with Crippen LogP contribution in [0.15, 0.2) is 12.4 Å². The summed E-state index contributed by atoms with van der Waals surface area (Å²) in [4.78, 5) is 15.8. The van der Waals surface area contributed by atoms with E-state index in [4.69, 9.17) is 4.74 Å². The van der Waals surface area contributed by atoms with Crippen molar-refractivity contribution in [2.75, 3.05) is 13.7 Å². The molecule has 1 unspecified atom stereocenters. The van der Waals surface area contributed by atoms with E-state index in [1.54, 1.807) is 0 Å². The van der Waals surface area contributed by atoms with Crippen LogP contribution in [0.4, 0.5) is 0 Å². The van der Waals surface area contributed by atoms with Gasteiger partial charge >= 0.3 is 5.97 Å². The highest BCUT2D eigenvalue weighted by molar-refractivity contribution is 5.69. The maximum atomic E-state index is 11.7. The number of unbranched alkanes of at least 4 members (excludes halogenated alkanes) is 6. The average molecular weight is 282 g/mol. The molecule has 0 bridgehead atoms. The highest BCUT2D eigenvalue weighted by Gasteiger charge is 2.18. The van der Waals surface area contributed by atoms with Crippen LogP contribution in [0.25, 0.3) is 0 Å². The third-order valence-electron chi connectivity index (χ3n) is 3.65. The zero-order chi connectivity index (χ0) is 14.8. The van der Waals surface area contributed by atoms with E-state index >= 15 is 0 Å². The molecule has 1 aliphatic rings. The standard InChI is InChI=1S/C16H30N2O2/c1-4-5-6-7-8-9-10-11-16(19)20-15(2)18-13-12-17(3)14-18/h12-13,15H,4-11,14H2,1-3H3. The molecule has 0 radical (unpaired) electrons. The fourth-order valence-electron chi connectivity index (χ4n) is 2.33. The maximum Gasteiger partial charge on any atom is 0.307 e. The second-order valence-corrected chi connectivity index (χ2v) is 5.67. The Hall–Kier alpha value is -1.19. The molecule has 20 heavy (non-hydrogen) atoms. The van der Waals surface area contributed by atoms with Gasteiger partial charge in [-0.25, -0.2) is 0 Å². The first kappa shape index (κ1) is 16.9. The van der Waals surface area contributed by atoms with Crippen LogP contribution in [0.2, 0.25) is 0 Å². The lowest BCUT2D eigenvalue weighted by Gasteiger charge is -2.25.